The van der Waals surface area contributed by atoms with Crippen LogP contribution < -0.4 is 5.32 Å². The van der Waals surface area contributed by atoms with Gasteiger partial charge in [0.2, 0.25) is 5.91 Å². The van der Waals surface area contributed by atoms with Crippen molar-refractivity contribution in [2.75, 3.05) is 26.7 Å². The van der Waals surface area contributed by atoms with Crippen LogP contribution in [-0.2, 0) is 9.59 Å². The maximum Gasteiger partial charge on any atom is 0.318 e. The van der Waals surface area contributed by atoms with Gasteiger partial charge >= 0.3 is 12.0 Å². The average Bonchev–Trinajstić information content (AvgIpc) is 2.80. The Balaban J connectivity index is 1.90. The molecule has 0 spiro atoms. The Morgan fingerprint density at radius 3 is 2.68 bits per heavy atom. The zero-order chi connectivity index (χ0) is 14.0. The van der Waals surface area contributed by atoms with Crippen LogP contribution in [0.5, 0.6) is 0 Å². The Morgan fingerprint density at radius 2 is 2.05 bits per heavy atom. The molecule has 19 heavy (non-hydrogen) atoms. The maximum absolute atomic E-state index is 12.0. The standard InChI is InChI=1S/C12H19N3O4/c1-14-5-6-15(7-10(14)16)12(19)13-9-4-2-3-8(9)11(17)18/h8-9H,2-7H2,1H3,(H,13,19)(H,17,18). The molecule has 0 aromatic carbocycles. The fraction of sp³-hybridized carbons (Fsp3) is 0.750. The molecule has 2 N–H and O–H groups in total. The molecule has 1 saturated carbocycles. The number of carbonyl (C=O) groups excluding carboxylic acids is 2. The Morgan fingerprint density at radius 1 is 1.32 bits per heavy atom. The number of nitrogens with one attached hydrogen (secondary N) is 1. The molecule has 0 aromatic heterocycles. The van der Waals surface area contributed by atoms with Crippen molar-refractivity contribution in [3.05, 3.63) is 0 Å². The molecule has 7 heteroatoms. The second-order valence-corrected chi connectivity index (χ2v) is 5.17. The molecule has 1 saturated heterocycles. The first-order chi connectivity index (χ1) is 8.99. The van der Waals surface area contributed by atoms with Crippen molar-refractivity contribution in [3.8, 4) is 0 Å². The van der Waals surface area contributed by atoms with E-state index in [1.165, 1.54) is 4.90 Å². The van der Waals surface area contributed by atoms with Crippen LogP contribution in [0.2, 0.25) is 0 Å². The summed E-state index contributed by atoms with van der Waals surface area (Å²) < 4.78 is 0. The Labute approximate surface area is 111 Å². The summed E-state index contributed by atoms with van der Waals surface area (Å²) >= 11 is 0. The fourth-order valence-corrected chi connectivity index (χ4v) is 2.61. The third-order valence-electron chi connectivity index (χ3n) is 3.89. The number of urea groups is 1. The van der Waals surface area contributed by atoms with Crippen LogP contribution in [0.3, 0.4) is 0 Å². The molecule has 2 aliphatic rings. The van der Waals surface area contributed by atoms with Crippen LogP contribution in [0, 0.1) is 5.92 Å². The van der Waals surface area contributed by atoms with Crippen molar-refractivity contribution in [3.63, 3.8) is 0 Å². The zero-order valence-electron chi connectivity index (χ0n) is 11.0. The van der Waals surface area contributed by atoms with Gasteiger partial charge in [-0.05, 0) is 12.8 Å². The highest BCUT2D eigenvalue weighted by Gasteiger charge is 2.35. The van der Waals surface area contributed by atoms with Gasteiger partial charge in [0.05, 0.1) is 5.92 Å². The molecule has 0 bridgehead atoms. The Bertz CT molecular complexity index is 398. The summed E-state index contributed by atoms with van der Waals surface area (Å²) in [5.74, 6) is -1.47. The van der Waals surface area contributed by atoms with Gasteiger partial charge in [-0.1, -0.05) is 6.42 Å². The van der Waals surface area contributed by atoms with Crippen LogP contribution in [0.25, 0.3) is 0 Å². The first kappa shape index (κ1) is 13.6. The van der Waals surface area contributed by atoms with Gasteiger partial charge in [0.1, 0.15) is 6.54 Å². The van der Waals surface area contributed by atoms with Crippen LogP contribution in [0.15, 0.2) is 0 Å². The van der Waals surface area contributed by atoms with Gasteiger partial charge in [-0.25, -0.2) is 4.79 Å². The summed E-state index contributed by atoms with van der Waals surface area (Å²) in [4.78, 5) is 37.6. The van der Waals surface area contributed by atoms with E-state index in [0.29, 0.717) is 25.9 Å². The lowest BCUT2D eigenvalue weighted by molar-refractivity contribution is -0.142. The minimum atomic E-state index is -0.864. The second-order valence-electron chi connectivity index (χ2n) is 5.17. The smallest absolute Gasteiger partial charge is 0.318 e. The molecule has 2 unspecified atom stereocenters. The van der Waals surface area contributed by atoms with Gasteiger partial charge in [0.15, 0.2) is 0 Å². The number of nitrogens with zero attached hydrogens (tertiary/aromatic N) is 2. The SMILES string of the molecule is CN1CCN(C(=O)NC2CCCC2C(=O)O)CC1=O. The Hall–Kier alpha value is -1.79. The van der Waals surface area contributed by atoms with Crippen LogP contribution >= 0.6 is 0 Å². The number of likely N-dealkylation sites (N-methyl/N-ethyl adjacent to an activating group) is 1. The van der Waals surface area contributed by atoms with Crippen molar-refractivity contribution in [2.45, 2.75) is 25.3 Å². The lowest BCUT2D eigenvalue weighted by Gasteiger charge is -2.33. The minimum absolute atomic E-state index is 0.0623. The van der Waals surface area contributed by atoms with Crippen molar-refractivity contribution >= 4 is 17.9 Å². The number of carboxylic acids is 1. The lowest BCUT2D eigenvalue weighted by atomic mass is 10.0. The molecule has 7 nitrogen and oxygen atoms in total. The van der Waals surface area contributed by atoms with E-state index in [0.717, 1.165) is 6.42 Å². The predicted molar refractivity (Wildman–Crippen MR) is 66.5 cm³/mol. The monoisotopic (exact) mass is 269 g/mol. The van der Waals surface area contributed by atoms with Gasteiger partial charge in [-0.2, -0.15) is 0 Å². The first-order valence-corrected chi connectivity index (χ1v) is 6.51. The number of carboxylic acid groups (broad SMARTS) is 1. The second kappa shape index (κ2) is 5.46. The number of amides is 3. The summed E-state index contributed by atoms with van der Waals surface area (Å²) in [6, 6.07) is -0.653. The first-order valence-electron chi connectivity index (χ1n) is 6.51. The third-order valence-corrected chi connectivity index (χ3v) is 3.89. The van der Waals surface area contributed by atoms with Crippen molar-refractivity contribution in [1.29, 1.82) is 0 Å². The van der Waals surface area contributed by atoms with Crippen LogP contribution in [0.1, 0.15) is 19.3 Å². The summed E-state index contributed by atoms with van der Waals surface area (Å²) in [5.41, 5.74) is 0. The summed E-state index contributed by atoms with van der Waals surface area (Å²) in [6.45, 7) is 1.06. The van der Waals surface area contributed by atoms with Crippen molar-refractivity contribution in [2.24, 2.45) is 5.92 Å². The van der Waals surface area contributed by atoms with E-state index in [1.54, 1.807) is 11.9 Å². The van der Waals surface area contributed by atoms with E-state index in [-0.39, 0.29) is 24.5 Å². The number of aliphatic carboxylic acids is 1. The normalized spacial score (nSPS) is 27.5. The molecule has 1 aliphatic heterocycles. The number of carbonyl (C=O) groups is 3. The van der Waals surface area contributed by atoms with E-state index in [1.807, 2.05) is 0 Å². The molecule has 1 aliphatic carbocycles. The number of rotatable bonds is 2. The van der Waals surface area contributed by atoms with Gasteiger partial charge in [-0.3, -0.25) is 9.59 Å². The van der Waals surface area contributed by atoms with Gasteiger partial charge in [0.25, 0.3) is 0 Å². The van der Waals surface area contributed by atoms with E-state index >= 15 is 0 Å². The van der Waals surface area contributed by atoms with Crippen molar-refractivity contribution in [1.82, 2.24) is 15.1 Å². The molecule has 2 rings (SSSR count). The molecule has 2 atom stereocenters. The van der Waals surface area contributed by atoms with E-state index in [4.69, 9.17) is 5.11 Å². The largest absolute Gasteiger partial charge is 0.481 e. The molecule has 1 heterocycles. The quantitative estimate of drug-likeness (QED) is 0.721. The highest BCUT2D eigenvalue weighted by molar-refractivity contribution is 5.85. The topological polar surface area (TPSA) is 89.9 Å². The van der Waals surface area contributed by atoms with Crippen LogP contribution in [-0.4, -0.2) is 65.5 Å². The van der Waals surface area contributed by atoms with E-state index in [2.05, 4.69) is 5.32 Å². The minimum Gasteiger partial charge on any atom is -0.481 e. The highest BCUT2D eigenvalue weighted by atomic mass is 16.4. The van der Waals surface area contributed by atoms with Gasteiger partial charge in [0, 0.05) is 26.2 Å². The summed E-state index contributed by atoms with van der Waals surface area (Å²) in [5, 5.41) is 11.8. The molecule has 106 valence electrons. The molecule has 3 amide bonds. The van der Waals surface area contributed by atoms with E-state index in [9.17, 15) is 14.4 Å². The fourth-order valence-electron chi connectivity index (χ4n) is 2.61. The van der Waals surface area contributed by atoms with Crippen molar-refractivity contribution < 1.29 is 19.5 Å². The number of piperazine rings is 1. The number of hydrogen-bond donors (Lipinski definition) is 2. The highest BCUT2D eigenvalue weighted by Crippen LogP contribution is 2.26. The lowest BCUT2D eigenvalue weighted by Crippen LogP contribution is -2.55. The molecular formula is C12H19N3O4. The van der Waals surface area contributed by atoms with Gasteiger partial charge in [-0.15, -0.1) is 0 Å². The molecule has 0 aromatic rings. The maximum atomic E-state index is 12.0. The Kier molecular flexibility index (Phi) is 3.92. The molecule has 2 fully saturated rings. The molecular weight excluding hydrogens is 250 g/mol. The van der Waals surface area contributed by atoms with Crippen LogP contribution in [0.4, 0.5) is 4.79 Å². The average molecular weight is 269 g/mol. The number of hydrogen-bond acceptors (Lipinski definition) is 3. The predicted octanol–water partition coefficient (Wildman–Crippen LogP) is -0.277. The van der Waals surface area contributed by atoms with Gasteiger partial charge < -0.3 is 20.2 Å². The zero-order valence-corrected chi connectivity index (χ0v) is 11.0. The third kappa shape index (κ3) is 2.97. The summed E-state index contributed by atoms with van der Waals surface area (Å²) in [6.07, 6.45) is 2.09. The summed E-state index contributed by atoms with van der Waals surface area (Å²) in [7, 11) is 1.70. The molecule has 0 radical (unpaired) electrons. The van der Waals surface area contributed by atoms with E-state index < -0.39 is 11.9 Å².